The summed E-state index contributed by atoms with van der Waals surface area (Å²) in [5.74, 6) is -0.743. The smallest absolute Gasteiger partial charge is 0.252 e. The maximum atomic E-state index is 14.1. The molecule has 35 heavy (non-hydrogen) atoms. The monoisotopic (exact) mass is 472 g/mol. The first kappa shape index (κ1) is 24.4. The van der Waals surface area contributed by atoms with Gasteiger partial charge in [-0.05, 0) is 61.9 Å². The molecule has 0 saturated carbocycles. The highest BCUT2D eigenvalue weighted by Crippen LogP contribution is 2.37. The Bertz CT molecular complexity index is 1290. The Morgan fingerprint density at radius 3 is 2.34 bits per heavy atom. The van der Waals surface area contributed by atoms with Crippen LogP contribution >= 0.6 is 0 Å². The summed E-state index contributed by atoms with van der Waals surface area (Å²) >= 11 is 0. The minimum atomic E-state index is -0.912. The largest absolute Gasteiger partial charge is 0.341 e. The third-order valence-electron chi connectivity index (χ3n) is 6.91. The molecule has 0 saturated heterocycles. The molecule has 0 radical (unpaired) electrons. The summed E-state index contributed by atoms with van der Waals surface area (Å²) in [4.78, 5) is 43.1. The van der Waals surface area contributed by atoms with Gasteiger partial charge >= 0.3 is 0 Å². The lowest BCUT2D eigenvalue weighted by Gasteiger charge is -2.32. The highest BCUT2D eigenvalue weighted by molar-refractivity contribution is 6.08. The van der Waals surface area contributed by atoms with Gasteiger partial charge in [-0.15, -0.1) is 0 Å². The Kier molecular flexibility index (Phi) is 6.89. The molecular formula is C28H32N4O3. The number of hydrogen-bond acceptors (Lipinski definition) is 4. The number of carbonyl (C=O) groups excluding carboxylic acids is 3. The van der Waals surface area contributed by atoms with E-state index < -0.39 is 18.1 Å². The zero-order chi connectivity index (χ0) is 25.3. The topological polar surface area (TPSA) is 81.8 Å². The molecule has 3 amide bonds. The van der Waals surface area contributed by atoms with E-state index in [0.29, 0.717) is 17.9 Å². The number of benzene rings is 3. The van der Waals surface area contributed by atoms with Crippen LogP contribution in [0.2, 0.25) is 0 Å². The second-order valence-corrected chi connectivity index (χ2v) is 9.12. The first-order chi connectivity index (χ1) is 16.7. The molecule has 0 bridgehead atoms. The van der Waals surface area contributed by atoms with Crippen LogP contribution in [0.15, 0.2) is 60.7 Å². The molecule has 2 N–H and O–H groups in total. The van der Waals surface area contributed by atoms with Crippen LogP contribution in [-0.2, 0) is 20.9 Å². The molecule has 0 aromatic heterocycles. The summed E-state index contributed by atoms with van der Waals surface area (Å²) in [5, 5.41) is 7.99. The summed E-state index contributed by atoms with van der Waals surface area (Å²) in [6, 6.07) is 17.7. The van der Waals surface area contributed by atoms with Crippen molar-refractivity contribution in [3.05, 3.63) is 71.8 Å². The Morgan fingerprint density at radius 2 is 1.66 bits per heavy atom. The van der Waals surface area contributed by atoms with Crippen LogP contribution in [0.25, 0.3) is 10.8 Å². The van der Waals surface area contributed by atoms with Crippen molar-refractivity contribution in [1.29, 1.82) is 0 Å². The highest BCUT2D eigenvalue weighted by atomic mass is 16.2. The summed E-state index contributed by atoms with van der Waals surface area (Å²) in [7, 11) is 1.69. The normalized spacial score (nSPS) is 18.7. The van der Waals surface area contributed by atoms with Gasteiger partial charge in [0.1, 0.15) is 6.04 Å². The van der Waals surface area contributed by atoms with E-state index in [1.807, 2.05) is 43.3 Å². The predicted octanol–water partition coefficient (Wildman–Crippen LogP) is 3.53. The van der Waals surface area contributed by atoms with E-state index in [9.17, 15) is 14.4 Å². The van der Waals surface area contributed by atoms with Crippen LogP contribution in [0.4, 0.5) is 11.4 Å². The van der Waals surface area contributed by atoms with Gasteiger partial charge in [-0.2, -0.15) is 0 Å². The molecule has 1 aliphatic heterocycles. The number of aryl methyl sites for hydroxylation is 1. The van der Waals surface area contributed by atoms with E-state index in [1.54, 1.807) is 30.7 Å². The first-order valence-corrected chi connectivity index (χ1v) is 11.9. The Morgan fingerprint density at radius 1 is 1.00 bits per heavy atom. The SMILES string of the molecule is CN[C@@H](C)C(=O)N[C@@H]1C(=O)N(Cc2c(C)ccc3ccccc23)c2ccccc2N(C(C)=O)[C@H]1C. The molecule has 0 fully saturated rings. The van der Waals surface area contributed by atoms with E-state index in [0.717, 1.165) is 21.9 Å². The fourth-order valence-corrected chi connectivity index (χ4v) is 4.78. The summed E-state index contributed by atoms with van der Waals surface area (Å²) in [5.41, 5.74) is 3.39. The van der Waals surface area contributed by atoms with Gasteiger partial charge in [0.2, 0.25) is 11.8 Å². The van der Waals surface area contributed by atoms with Crippen molar-refractivity contribution in [1.82, 2.24) is 10.6 Å². The molecule has 3 atom stereocenters. The van der Waals surface area contributed by atoms with Crippen LogP contribution in [0.1, 0.15) is 31.9 Å². The average molecular weight is 473 g/mol. The van der Waals surface area contributed by atoms with Crippen LogP contribution in [-0.4, -0.2) is 42.9 Å². The lowest BCUT2D eigenvalue weighted by Crippen LogP contribution is -2.59. The Balaban J connectivity index is 1.87. The molecule has 0 spiro atoms. The predicted molar refractivity (Wildman–Crippen MR) is 139 cm³/mol. The maximum absolute atomic E-state index is 14.1. The molecule has 7 nitrogen and oxygen atoms in total. The van der Waals surface area contributed by atoms with Crippen LogP contribution < -0.4 is 20.4 Å². The summed E-state index contributed by atoms with van der Waals surface area (Å²) in [6.45, 7) is 7.37. The van der Waals surface area contributed by atoms with Gasteiger partial charge < -0.3 is 20.4 Å². The van der Waals surface area contributed by atoms with Gasteiger partial charge in [-0.3, -0.25) is 14.4 Å². The van der Waals surface area contributed by atoms with E-state index >= 15 is 0 Å². The van der Waals surface area contributed by atoms with Gasteiger partial charge in [-0.1, -0.05) is 48.5 Å². The fourth-order valence-electron chi connectivity index (χ4n) is 4.78. The van der Waals surface area contributed by atoms with Crippen molar-refractivity contribution in [2.45, 2.75) is 52.4 Å². The second kappa shape index (κ2) is 9.88. The van der Waals surface area contributed by atoms with Gasteiger partial charge in [0, 0.05) is 6.92 Å². The first-order valence-electron chi connectivity index (χ1n) is 11.9. The highest BCUT2D eigenvalue weighted by Gasteiger charge is 2.41. The lowest BCUT2D eigenvalue weighted by atomic mass is 9.98. The number of rotatable bonds is 5. The number of nitrogens with zero attached hydrogens (tertiary/aromatic N) is 2. The third-order valence-corrected chi connectivity index (χ3v) is 6.91. The molecule has 3 aromatic carbocycles. The van der Waals surface area contributed by atoms with Gasteiger partial charge in [0.05, 0.1) is 30.0 Å². The molecule has 4 rings (SSSR count). The Hall–Kier alpha value is -3.71. The van der Waals surface area contributed by atoms with E-state index in [-0.39, 0.29) is 17.7 Å². The minimum absolute atomic E-state index is 0.193. The molecule has 3 aromatic rings. The summed E-state index contributed by atoms with van der Waals surface area (Å²) < 4.78 is 0. The van der Waals surface area contributed by atoms with Crippen molar-refractivity contribution in [2.75, 3.05) is 16.8 Å². The molecule has 1 aliphatic rings. The summed E-state index contributed by atoms with van der Waals surface area (Å²) in [6.07, 6.45) is 0. The van der Waals surface area contributed by atoms with Crippen molar-refractivity contribution in [2.24, 2.45) is 0 Å². The van der Waals surface area contributed by atoms with Crippen LogP contribution in [0.5, 0.6) is 0 Å². The molecule has 182 valence electrons. The molecule has 0 unspecified atom stereocenters. The van der Waals surface area contributed by atoms with Crippen molar-refractivity contribution >= 4 is 39.9 Å². The number of anilines is 2. The fraction of sp³-hybridized carbons (Fsp3) is 0.321. The minimum Gasteiger partial charge on any atom is -0.341 e. The Labute approximate surface area is 206 Å². The zero-order valence-electron chi connectivity index (χ0n) is 20.8. The number of nitrogens with one attached hydrogen (secondary N) is 2. The van der Waals surface area contributed by atoms with Crippen molar-refractivity contribution < 1.29 is 14.4 Å². The zero-order valence-corrected chi connectivity index (χ0v) is 20.8. The lowest BCUT2D eigenvalue weighted by molar-refractivity contribution is -0.129. The molecule has 1 heterocycles. The maximum Gasteiger partial charge on any atom is 0.252 e. The van der Waals surface area contributed by atoms with Crippen LogP contribution in [0, 0.1) is 6.92 Å². The average Bonchev–Trinajstić information content (AvgIpc) is 2.93. The quantitative estimate of drug-likeness (QED) is 0.595. The number of hydrogen-bond donors (Lipinski definition) is 2. The van der Waals surface area contributed by atoms with Crippen molar-refractivity contribution in [3.63, 3.8) is 0 Å². The number of carbonyl (C=O) groups is 3. The molecular weight excluding hydrogens is 440 g/mol. The van der Waals surface area contributed by atoms with E-state index in [2.05, 4.69) is 34.9 Å². The number of likely N-dealkylation sites (N-methyl/N-ethyl adjacent to an activating group) is 1. The number of para-hydroxylation sites is 2. The van der Waals surface area contributed by atoms with Crippen molar-refractivity contribution in [3.8, 4) is 0 Å². The number of fused-ring (bicyclic) bond motifs is 2. The van der Waals surface area contributed by atoms with E-state index in [1.165, 1.54) is 6.92 Å². The van der Waals surface area contributed by atoms with E-state index in [4.69, 9.17) is 0 Å². The molecule has 0 aliphatic carbocycles. The number of amides is 3. The standard InChI is InChI=1S/C28H32N4O3/c1-17-14-15-21-10-6-7-11-22(21)23(17)16-31-24-12-8-9-13-25(24)32(20(4)33)19(3)26(28(31)35)30-27(34)18(2)29-5/h6-15,18-19,26,29H,16H2,1-5H3,(H,30,34)/t18-,19-,26-/m0/s1. The van der Waals surface area contributed by atoms with Gasteiger partial charge in [0.15, 0.2) is 0 Å². The van der Waals surface area contributed by atoms with Crippen LogP contribution in [0.3, 0.4) is 0 Å². The molecule has 7 heteroatoms. The van der Waals surface area contributed by atoms with Gasteiger partial charge in [0.25, 0.3) is 5.91 Å². The van der Waals surface area contributed by atoms with Gasteiger partial charge in [-0.25, -0.2) is 0 Å². The third kappa shape index (κ3) is 4.51. The second-order valence-electron chi connectivity index (χ2n) is 9.12.